The van der Waals surface area contributed by atoms with Crippen molar-refractivity contribution in [1.29, 1.82) is 0 Å². The Hall–Kier alpha value is -1.69. The highest BCUT2D eigenvalue weighted by Gasteiger charge is 2.14. The Bertz CT molecular complexity index is 487. The topological polar surface area (TPSA) is 71.3 Å². The zero-order chi connectivity index (χ0) is 15.2. The van der Waals surface area contributed by atoms with E-state index in [1.165, 1.54) is 38.5 Å². The third kappa shape index (κ3) is 4.67. The smallest absolute Gasteiger partial charge is 0.287 e. The lowest BCUT2D eigenvalue weighted by molar-refractivity contribution is -0.385. The first kappa shape index (κ1) is 15.7. The number of aromatic nitrogens is 1. The van der Waals surface area contributed by atoms with E-state index < -0.39 is 4.92 Å². The summed E-state index contributed by atoms with van der Waals surface area (Å²) >= 11 is 0. The second kappa shape index (κ2) is 7.36. The van der Waals surface area contributed by atoms with E-state index in [4.69, 9.17) is 0 Å². The minimum absolute atomic E-state index is 0.0411. The number of pyridine rings is 1. The van der Waals surface area contributed by atoms with Crippen LogP contribution in [0.25, 0.3) is 0 Å². The fraction of sp³-hybridized carbons (Fsp3) is 0.667. The van der Waals surface area contributed by atoms with Crippen molar-refractivity contribution in [1.82, 2.24) is 9.88 Å². The summed E-state index contributed by atoms with van der Waals surface area (Å²) in [6, 6.07) is 1.56. The molecule has 1 aromatic rings. The van der Waals surface area contributed by atoms with E-state index in [1.54, 1.807) is 6.07 Å². The molecule has 0 aromatic carbocycles. The number of nitro groups is 1. The molecule has 1 saturated heterocycles. The normalized spacial score (nSPS) is 17.4. The van der Waals surface area contributed by atoms with Crippen molar-refractivity contribution < 1.29 is 4.92 Å². The second-order valence-corrected chi connectivity index (χ2v) is 5.96. The highest BCUT2D eigenvalue weighted by molar-refractivity contribution is 5.48. The minimum Gasteiger partial charge on any atom is -0.370 e. The fourth-order valence-corrected chi connectivity index (χ4v) is 2.76. The molecule has 1 fully saturated rings. The summed E-state index contributed by atoms with van der Waals surface area (Å²) in [5, 5.41) is 14.0. The molecule has 1 aliphatic heterocycles. The van der Waals surface area contributed by atoms with E-state index in [0.717, 1.165) is 24.5 Å². The molecule has 6 heteroatoms. The van der Waals surface area contributed by atoms with E-state index >= 15 is 0 Å². The molecule has 1 aliphatic rings. The highest BCUT2D eigenvalue weighted by atomic mass is 16.6. The van der Waals surface area contributed by atoms with Crippen LogP contribution >= 0.6 is 0 Å². The standard InChI is InChI=1S/C15H24N4O2/c1-12(11-18-6-4-3-5-7-18)9-16-15-13(2)8-14(10-17-15)19(20)21/h8,10,12H,3-7,9,11H2,1-2H3,(H,16,17). The van der Waals surface area contributed by atoms with Gasteiger partial charge in [0.1, 0.15) is 12.0 Å². The first-order chi connectivity index (χ1) is 10.1. The first-order valence-electron chi connectivity index (χ1n) is 7.63. The van der Waals surface area contributed by atoms with Crippen LogP contribution in [0, 0.1) is 23.0 Å². The largest absolute Gasteiger partial charge is 0.370 e. The molecule has 0 radical (unpaired) electrons. The number of rotatable bonds is 6. The molecule has 0 amide bonds. The van der Waals surface area contributed by atoms with Crippen LogP contribution in [0.3, 0.4) is 0 Å². The van der Waals surface area contributed by atoms with Crippen LogP contribution in [0.1, 0.15) is 31.7 Å². The molecule has 1 atom stereocenters. The van der Waals surface area contributed by atoms with Crippen molar-refractivity contribution in [3.05, 3.63) is 27.9 Å². The predicted octanol–water partition coefficient (Wildman–Crippen LogP) is 2.83. The van der Waals surface area contributed by atoms with Gasteiger partial charge in [-0.25, -0.2) is 4.98 Å². The summed E-state index contributed by atoms with van der Waals surface area (Å²) in [6.07, 6.45) is 5.28. The van der Waals surface area contributed by atoms with Crippen molar-refractivity contribution in [3.63, 3.8) is 0 Å². The second-order valence-electron chi connectivity index (χ2n) is 5.96. The molecule has 1 unspecified atom stereocenters. The highest BCUT2D eigenvalue weighted by Crippen LogP contribution is 2.18. The molecule has 2 rings (SSSR count). The fourth-order valence-electron chi connectivity index (χ4n) is 2.76. The van der Waals surface area contributed by atoms with Crippen LogP contribution in [0.2, 0.25) is 0 Å². The molecule has 1 aromatic heterocycles. The molecule has 1 N–H and O–H groups in total. The average Bonchev–Trinajstić information content (AvgIpc) is 2.47. The maximum absolute atomic E-state index is 10.7. The Kier molecular flexibility index (Phi) is 5.50. The number of nitrogens with zero attached hydrogens (tertiary/aromatic N) is 3. The van der Waals surface area contributed by atoms with E-state index in [1.807, 2.05) is 6.92 Å². The number of likely N-dealkylation sites (tertiary alicyclic amines) is 1. The lowest BCUT2D eigenvalue weighted by Crippen LogP contribution is -2.35. The van der Waals surface area contributed by atoms with Crippen molar-refractivity contribution in [2.24, 2.45) is 5.92 Å². The van der Waals surface area contributed by atoms with Crippen molar-refractivity contribution in [3.8, 4) is 0 Å². The van der Waals surface area contributed by atoms with Gasteiger partial charge >= 0.3 is 0 Å². The molecule has 0 bridgehead atoms. The molecule has 0 spiro atoms. The third-order valence-electron chi connectivity index (χ3n) is 3.91. The zero-order valence-electron chi connectivity index (χ0n) is 12.8. The van der Waals surface area contributed by atoms with Crippen LogP contribution in [0.15, 0.2) is 12.3 Å². The van der Waals surface area contributed by atoms with Crippen LogP contribution in [-0.4, -0.2) is 41.0 Å². The maximum atomic E-state index is 10.7. The van der Waals surface area contributed by atoms with Gasteiger partial charge in [-0.05, 0) is 44.3 Å². The number of nitrogens with one attached hydrogen (secondary N) is 1. The van der Waals surface area contributed by atoms with Gasteiger partial charge in [-0.15, -0.1) is 0 Å². The average molecular weight is 292 g/mol. The molecule has 21 heavy (non-hydrogen) atoms. The zero-order valence-corrected chi connectivity index (χ0v) is 12.8. The quantitative estimate of drug-likeness (QED) is 0.645. The van der Waals surface area contributed by atoms with Gasteiger partial charge in [0.25, 0.3) is 5.69 Å². The van der Waals surface area contributed by atoms with Crippen LogP contribution in [0.5, 0.6) is 0 Å². The van der Waals surface area contributed by atoms with Gasteiger partial charge in [-0.3, -0.25) is 10.1 Å². The lowest BCUT2D eigenvalue weighted by Gasteiger charge is -2.29. The van der Waals surface area contributed by atoms with Gasteiger partial charge in [-0.2, -0.15) is 0 Å². The molecular weight excluding hydrogens is 268 g/mol. The molecule has 6 nitrogen and oxygen atoms in total. The number of hydrogen-bond acceptors (Lipinski definition) is 5. The summed E-state index contributed by atoms with van der Waals surface area (Å²) < 4.78 is 0. The number of piperidine rings is 1. The van der Waals surface area contributed by atoms with Gasteiger partial charge in [-0.1, -0.05) is 13.3 Å². The Morgan fingerprint density at radius 2 is 2.14 bits per heavy atom. The molecular formula is C15H24N4O2. The Balaban J connectivity index is 1.83. The number of anilines is 1. The summed E-state index contributed by atoms with van der Waals surface area (Å²) in [7, 11) is 0. The maximum Gasteiger partial charge on any atom is 0.287 e. The monoisotopic (exact) mass is 292 g/mol. The van der Waals surface area contributed by atoms with E-state index in [-0.39, 0.29) is 5.69 Å². The van der Waals surface area contributed by atoms with Gasteiger partial charge in [0, 0.05) is 19.2 Å². The van der Waals surface area contributed by atoms with Crippen LogP contribution in [-0.2, 0) is 0 Å². The summed E-state index contributed by atoms with van der Waals surface area (Å²) in [5.41, 5.74) is 0.855. The SMILES string of the molecule is Cc1cc([N+](=O)[O-])cnc1NCC(C)CN1CCCCC1. The number of hydrogen-bond donors (Lipinski definition) is 1. The molecule has 2 heterocycles. The molecule has 116 valence electrons. The van der Waals surface area contributed by atoms with Gasteiger partial charge in [0.05, 0.1) is 4.92 Å². The Labute approximate surface area is 125 Å². The molecule has 0 saturated carbocycles. The van der Waals surface area contributed by atoms with Gasteiger partial charge < -0.3 is 10.2 Å². The predicted molar refractivity (Wildman–Crippen MR) is 83.6 cm³/mol. The summed E-state index contributed by atoms with van der Waals surface area (Å²) in [4.78, 5) is 16.9. The van der Waals surface area contributed by atoms with Gasteiger partial charge in [0.15, 0.2) is 0 Å². The Morgan fingerprint density at radius 1 is 1.43 bits per heavy atom. The first-order valence-corrected chi connectivity index (χ1v) is 7.63. The minimum atomic E-state index is -0.414. The Morgan fingerprint density at radius 3 is 2.76 bits per heavy atom. The third-order valence-corrected chi connectivity index (χ3v) is 3.91. The van der Waals surface area contributed by atoms with Crippen molar-refractivity contribution in [2.45, 2.75) is 33.1 Å². The summed E-state index contributed by atoms with van der Waals surface area (Å²) in [6.45, 7) is 8.42. The van der Waals surface area contributed by atoms with E-state index in [0.29, 0.717) is 5.92 Å². The van der Waals surface area contributed by atoms with E-state index in [2.05, 4.69) is 22.1 Å². The number of aryl methyl sites for hydroxylation is 1. The summed E-state index contributed by atoms with van der Waals surface area (Å²) in [5.74, 6) is 1.27. The lowest BCUT2D eigenvalue weighted by atomic mass is 10.1. The molecule has 0 aliphatic carbocycles. The van der Waals surface area contributed by atoms with Crippen molar-refractivity contribution in [2.75, 3.05) is 31.5 Å². The van der Waals surface area contributed by atoms with E-state index in [9.17, 15) is 10.1 Å². The van der Waals surface area contributed by atoms with Crippen molar-refractivity contribution >= 4 is 11.5 Å². The van der Waals surface area contributed by atoms with Crippen LogP contribution in [0.4, 0.5) is 11.5 Å². The van der Waals surface area contributed by atoms with Crippen LogP contribution < -0.4 is 5.32 Å². The van der Waals surface area contributed by atoms with Gasteiger partial charge in [0.2, 0.25) is 0 Å².